The summed E-state index contributed by atoms with van der Waals surface area (Å²) in [5.41, 5.74) is 1.06. The first-order valence-corrected chi connectivity index (χ1v) is 9.25. The van der Waals surface area contributed by atoms with Gasteiger partial charge in [0, 0.05) is 37.1 Å². The summed E-state index contributed by atoms with van der Waals surface area (Å²) in [6.07, 6.45) is 3.74. The van der Waals surface area contributed by atoms with Crippen molar-refractivity contribution < 1.29 is 9.18 Å². The Balaban J connectivity index is 1.68. The lowest BCUT2D eigenvalue weighted by Crippen LogP contribution is -2.45. The first-order valence-electron chi connectivity index (χ1n) is 8.10. The van der Waals surface area contributed by atoms with E-state index in [-0.39, 0.29) is 17.8 Å². The van der Waals surface area contributed by atoms with E-state index < -0.39 is 0 Å². The van der Waals surface area contributed by atoms with E-state index in [4.69, 9.17) is 0 Å². The van der Waals surface area contributed by atoms with Crippen LogP contribution in [0.4, 0.5) is 4.39 Å². The highest BCUT2D eigenvalue weighted by molar-refractivity contribution is 7.99. The summed E-state index contributed by atoms with van der Waals surface area (Å²) in [6.45, 7) is 1.81. The molecule has 3 rings (SSSR count). The van der Waals surface area contributed by atoms with Crippen LogP contribution in [-0.4, -0.2) is 41.4 Å². The topological polar surface area (TPSA) is 32.3 Å². The Hall–Kier alpha value is -1.07. The standard InChI is InChI=1S/C17H23FN2OS/c18-14-6-4-13(5-7-14)16-3-1-2-9-20(16)17(21)11-15-12-22-10-8-19-15/h4-7,15-16,19H,1-3,8-12H2. The second kappa shape index (κ2) is 7.47. The van der Waals surface area contributed by atoms with Crippen LogP contribution in [0.1, 0.15) is 37.3 Å². The third kappa shape index (κ3) is 3.82. The van der Waals surface area contributed by atoms with Gasteiger partial charge in [-0.15, -0.1) is 0 Å². The molecule has 1 amide bonds. The predicted octanol–water partition coefficient (Wildman–Crippen LogP) is 2.97. The molecular weight excluding hydrogens is 299 g/mol. The van der Waals surface area contributed by atoms with Crippen molar-refractivity contribution in [1.29, 1.82) is 0 Å². The van der Waals surface area contributed by atoms with Gasteiger partial charge in [-0.05, 0) is 37.0 Å². The van der Waals surface area contributed by atoms with Crippen LogP contribution in [0.25, 0.3) is 0 Å². The van der Waals surface area contributed by atoms with Gasteiger partial charge in [-0.2, -0.15) is 11.8 Å². The molecular formula is C17H23FN2OS. The number of piperidine rings is 1. The van der Waals surface area contributed by atoms with Gasteiger partial charge in [-0.25, -0.2) is 4.39 Å². The fraction of sp³-hybridized carbons (Fsp3) is 0.588. The molecule has 0 bridgehead atoms. The van der Waals surface area contributed by atoms with Gasteiger partial charge in [-0.3, -0.25) is 4.79 Å². The van der Waals surface area contributed by atoms with Gasteiger partial charge >= 0.3 is 0 Å². The maximum atomic E-state index is 13.1. The van der Waals surface area contributed by atoms with Crippen molar-refractivity contribution in [3.63, 3.8) is 0 Å². The van der Waals surface area contributed by atoms with Crippen molar-refractivity contribution in [3.8, 4) is 0 Å². The molecule has 2 aliphatic heterocycles. The number of halogens is 1. The van der Waals surface area contributed by atoms with Gasteiger partial charge < -0.3 is 10.2 Å². The molecule has 120 valence electrons. The van der Waals surface area contributed by atoms with Crippen LogP contribution in [-0.2, 0) is 4.79 Å². The average molecular weight is 322 g/mol. The van der Waals surface area contributed by atoms with Crippen LogP contribution < -0.4 is 5.32 Å². The monoisotopic (exact) mass is 322 g/mol. The number of thioether (sulfide) groups is 1. The van der Waals surface area contributed by atoms with E-state index in [0.29, 0.717) is 12.5 Å². The lowest BCUT2D eigenvalue weighted by atomic mass is 9.94. The fourth-order valence-electron chi connectivity index (χ4n) is 3.34. The van der Waals surface area contributed by atoms with E-state index >= 15 is 0 Å². The van der Waals surface area contributed by atoms with Crippen LogP contribution in [0.2, 0.25) is 0 Å². The highest BCUT2D eigenvalue weighted by Gasteiger charge is 2.29. The number of rotatable bonds is 3. The van der Waals surface area contributed by atoms with Gasteiger partial charge in [0.1, 0.15) is 5.82 Å². The number of benzene rings is 1. The number of nitrogens with zero attached hydrogens (tertiary/aromatic N) is 1. The number of nitrogens with one attached hydrogen (secondary N) is 1. The summed E-state index contributed by atoms with van der Waals surface area (Å²) in [5, 5.41) is 3.43. The molecule has 0 radical (unpaired) electrons. The molecule has 2 heterocycles. The second-order valence-electron chi connectivity index (χ2n) is 6.08. The minimum atomic E-state index is -0.221. The number of hydrogen-bond donors (Lipinski definition) is 1. The molecule has 0 saturated carbocycles. The summed E-state index contributed by atoms with van der Waals surface area (Å²) in [4.78, 5) is 14.7. The van der Waals surface area contributed by atoms with Gasteiger partial charge in [0.25, 0.3) is 0 Å². The molecule has 0 aliphatic carbocycles. The molecule has 1 N–H and O–H groups in total. The molecule has 5 heteroatoms. The van der Waals surface area contributed by atoms with Crippen LogP contribution >= 0.6 is 11.8 Å². The highest BCUT2D eigenvalue weighted by Crippen LogP contribution is 2.31. The Bertz CT molecular complexity index is 502. The highest BCUT2D eigenvalue weighted by atomic mass is 32.2. The predicted molar refractivity (Wildman–Crippen MR) is 88.4 cm³/mol. The van der Waals surface area contributed by atoms with Crippen molar-refractivity contribution in [3.05, 3.63) is 35.6 Å². The second-order valence-corrected chi connectivity index (χ2v) is 7.23. The molecule has 2 aliphatic rings. The third-order valence-corrected chi connectivity index (χ3v) is 5.63. The molecule has 2 atom stereocenters. The maximum Gasteiger partial charge on any atom is 0.224 e. The smallest absolute Gasteiger partial charge is 0.224 e. The minimum Gasteiger partial charge on any atom is -0.336 e. The first-order chi connectivity index (χ1) is 10.7. The van der Waals surface area contributed by atoms with Crippen LogP contribution in [0, 0.1) is 5.82 Å². The Morgan fingerprint density at radius 2 is 2.14 bits per heavy atom. The quantitative estimate of drug-likeness (QED) is 0.928. The number of amides is 1. The Morgan fingerprint density at radius 3 is 2.86 bits per heavy atom. The SMILES string of the molecule is O=C(CC1CSCCN1)N1CCCCC1c1ccc(F)cc1. The maximum absolute atomic E-state index is 13.1. The van der Waals surface area contributed by atoms with E-state index in [0.717, 1.165) is 49.4 Å². The Labute approximate surface area is 135 Å². The van der Waals surface area contributed by atoms with Gasteiger partial charge in [-0.1, -0.05) is 12.1 Å². The molecule has 22 heavy (non-hydrogen) atoms. The number of carbonyl (C=O) groups is 1. The summed E-state index contributed by atoms with van der Waals surface area (Å²) in [6, 6.07) is 7.03. The zero-order valence-corrected chi connectivity index (χ0v) is 13.6. The van der Waals surface area contributed by atoms with Gasteiger partial charge in [0.15, 0.2) is 0 Å². The van der Waals surface area contributed by atoms with Crippen molar-refractivity contribution >= 4 is 17.7 Å². The molecule has 1 aromatic rings. The summed E-state index contributed by atoms with van der Waals surface area (Å²) in [5.74, 6) is 2.16. The van der Waals surface area contributed by atoms with E-state index in [1.54, 1.807) is 0 Å². The van der Waals surface area contributed by atoms with Crippen LogP contribution in [0.15, 0.2) is 24.3 Å². The van der Waals surface area contributed by atoms with E-state index in [1.165, 1.54) is 12.1 Å². The van der Waals surface area contributed by atoms with E-state index in [9.17, 15) is 9.18 Å². The molecule has 3 nitrogen and oxygen atoms in total. The number of likely N-dealkylation sites (tertiary alicyclic amines) is 1. The van der Waals surface area contributed by atoms with Crippen LogP contribution in [0.5, 0.6) is 0 Å². The Morgan fingerprint density at radius 1 is 1.32 bits per heavy atom. The molecule has 2 saturated heterocycles. The zero-order chi connectivity index (χ0) is 15.4. The average Bonchev–Trinajstić information content (AvgIpc) is 2.56. The number of hydrogen-bond acceptors (Lipinski definition) is 3. The lowest BCUT2D eigenvalue weighted by Gasteiger charge is -2.37. The fourth-order valence-corrected chi connectivity index (χ4v) is 4.29. The normalized spacial score (nSPS) is 26.0. The molecule has 1 aromatic carbocycles. The summed E-state index contributed by atoms with van der Waals surface area (Å²) < 4.78 is 13.1. The lowest BCUT2D eigenvalue weighted by molar-refractivity contribution is -0.135. The largest absolute Gasteiger partial charge is 0.336 e. The first kappa shape index (κ1) is 15.8. The van der Waals surface area contributed by atoms with Gasteiger partial charge in [0.2, 0.25) is 5.91 Å². The van der Waals surface area contributed by atoms with Gasteiger partial charge in [0.05, 0.1) is 6.04 Å². The zero-order valence-electron chi connectivity index (χ0n) is 12.8. The molecule has 0 aromatic heterocycles. The van der Waals surface area contributed by atoms with E-state index in [2.05, 4.69) is 5.32 Å². The molecule has 0 spiro atoms. The van der Waals surface area contributed by atoms with Crippen molar-refractivity contribution in [2.45, 2.75) is 37.8 Å². The molecule has 2 unspecified atom stereocenters. The van der Waals surface area contributed by atoms with Crippen molar-refractivity contribution in [2.75, 3.05) is 24.6 Å². The third-order valence-electron chi connectivity index (χ3n) is 4.50. The van der Waals surface area contributed by atoms with Crippen molar-refractivity contribution in [1.82, 2.24) is 10.2 Å². The molecule has 2 fully saturated rings. The van der Waals surface area contributed by atoms with Crippen LogP contribution in [0.3, 0.4) is 0 Å². The summed E-state index contributed by atoms with van der Waals surface area (Å²) >= 11 is 1.92. The van der Waals surface area contributed by atoms with Crippen molar-refractivity contribution in [2.24, 2.45) is 0 Å². The minimum absolute atomic E-state index is 0.109. The number of carbonyl (C=O) groups excluding carboxylic acids is 1. The Kier molecular flexibility index (Phi) is 5.37. The summed E-state index contributed by atoms with van der Waals surface area (Å²) in [7, 11) is 0. The van der Waals surface area contributed by atoms with E-state index in [1.807, 2.05) is 28.8 Å².